The summed E-state index contributed by atoms with van der Waals surface area (Å²) >= 11 is 5.86. The third kappa shape index (κ3) is 2.61. The fraction of sp³-hybridized carbons (Fsp3) is 0.400. The number of nitrogens with one attached hydrogen (secondary N) is 1. The van der Waals surface area contributed by atoms with Gasteiger partial charge in [0.15, 0.2) is 0 Å². The summed E-state index contributed by atoms with van der Waals surface area (Å²) in [4.78, 5) is 0. The molecule has 3 nitrogen and oxygen atoms in total. The van der Waals surface area contributed by atoms with Crippen LogP contribution in [0, 0.1) is 0 Å². The summed E-state index contributed by atoms with van der Waals surface area (Å²) in [6.45, 7) is 0.505. The summed E-state index contributed by atoms with van der Waals surface area (Å²) < 4.78 is 5.05. The molecule has 0 radical (unpaired) electrons. The Kier molecular flexibility index (Phi) is 4.20. The molecule has 1 aromatic carbocycles. The zero-order valence-corrected chi connectivity index (χ0v) is 9.01. The second kappa shape index (κ2) is 5.20. The van der Waals surface area contributed by atoms with Crippen LogP contribution in [0.1, 0.15) is 11.7 Å². The van der Waals surface area contributed by atoms with Crippen LogP contribution in [-0.2, 0) is 0 Å². The molecule has 1 aromatic rings. The molecule has 1 atom stereocenters. The molecule has 0 amide bonds. The van der Waals surface area contributed by atoms with Crippen LogP contribution in [-0.4, -0.2) is 25.8 Å². The van der Waals surface area contributed by atoms with Gasteiger partial charge in [-0.3, -0.25) is 0 Å². The van der Waals surface area contributed by atoms with Crippen LogP contribution in [0.15, 0.2) is 18.2 Å². The van der Waals surface area contributed by atoms with Crippen molar-refractivity contribution >= 4 is 11.6 Å². The molecule has 4 heteroatoms. The molecule has 0 bridgehead atoms. The van der Waals surface area contributed by atoms with Crippen molar-refractivity contribution in [2.75, 3.05) is 20.7 Å². The first-order valence-corrected chi connectivity index (χ1v) is 4.73. The molecule has 2 N–H and O–H groups in total. The van der Waals surface area contributed by atoms with Crippen LogP contribution in [0.4, 0.5) is 0 Å². The fourth-order valence-corrected chi connectivity index (χ4v) is 1.39. The molecule has 0 heterocycles. The van der Waals surface area contributed by atoms with Gasteiger partial charge in [-0.1, -0.05) is 17.7 Å². The van der Waals surface area contributed by atoms with E-state index in [1.54, 1.807) is 32.4 Å². The molecular formula is C10H14ClNO2. The van der Waals surface area contributed by atoms with Crippen molar-refractivity contribution in [3.63, 3.8) is 0 Å². The molecule has 0 saturated heterocycles. The Morgan fingerprint density at radius 2 is 2.29 bits per heavy atom. The van der Waals surface area contributed by atoms with Crippen molar-refractivity contribution in [2.24, 2.45) is 0 Å². The highest BCUT2D eigenvalue weighted by Gasteiger charge is 2.09. The number of benzene rings is 1. The summed E-state index contributed by atoms with van der Waals surface area (Å²) in [5, 5.41) is 13.1. The first kappa shape index (κ1) is 11.3. The van der Waals surface area contributed by atoms with Gasteiger partial charge in [-0.25, -0.2) is 0 Å². The summed E-state index contributed by atoms with van der Waals surface area (Å²) in [5.41, 5.74) is 0.792. The summed E-state index contributed by atoms with van der Waals surface area (Å²) in [6.07, 6.45) is -0.536. The Bertz CT molecular complexity index is 304. The molecule has 0 aliphatic heterocycles. The van der Waals surface area contributed by atoms with Crippen LogP contribution in [0.5, 0.6) is 5.75 Å². The lowest BCUT2D eigenvalue weighted by Gasteiger charge is -2.12. The number of aliphatic hydroxyl groups excluding tert-OH is 1. The molecule has 0 fully saturated rings. The SMILES string of the molecule is CNCC(O)c1ccc(Cl)c(OC)c1. The molecule has 14 heavy (non-hydrogen) atoms. The quantitative estimate of drug-likeness (QED) is 0.802. The predicted octanol–water partition coefficient (Wildman–Crippen LogP) is 1.60. The van der Waals surface area contributed by atoms with Crippen LogP contribution in [0.25, 0.3) is 0 Å². The first-order valence-electron chi connectivity index (χ1n) is 4.35. The fourth-order valence-electron chi connectivity index (χ4n) is 1.19. The Hall–Kier alpha value is -0.770. The average molecular weight is 216 g/mol. The van der Waals surface area contributed by atoms with Crippen LogP contribution in [0.2, 0.25) is 5.02 Å². The number of aliphatic hydroxyl groups is 1. The van der Waals surface area contributed by atoms with E-state index in [0.29, 0.717) is 17.3 Å². The van der Waals surface area contributed by atoms with Gasteiger partial charge in [0.25, 0.3) is 0 Å². The van der Waals surface area contributed by atoms with Gasteiger partial charge in [0.1, 0.15) is 5.75 Å². The predicted molar refractivity (Wildman–Crippen MR) is 56.9 cm³/mol. The topological polar surface area (TPSA) is 41.5 Å². The first-order chi connectivity index (χ1) is 6.69. The standard InChI is InChI=1S/C10H14ClNO2/c1-12-6-9(13)7-3-4-8(11)10(5-7)14-2/h3-5,9,12-13H,6H2,1-2H3. The van der Waals surface area contributed by atoms with E-state index in [-0.39, 0.29) is 0 Å². The molecular weight excluding hydrogens is 202 g/mol. The van der Waals surface area contributed by atoms with E-state index >= 15 is 0 Å². The maximum atomic E-state index is 9.67. The maximum Gasteiger partial charge on any atom is 0.137 e. The van der Waals surface area contributed by atoms with E-state index in [0.717, 1.165) is 5.56 Å². The van der Waals surface area contributed by atoms with Crippen LogP contribution >= 0.6 is 11.6 Å². The van der Waals surface area contributed by atoms with E-state index in [4.69, 9.17) is 16.3 Å². The van der Waals surface area contributed by atoms with E-state index in [1.165, 1.54) is 0 Å². The number of rotatable bonds is 4. The molecule has 0 spiro atoms. The molecule has 0 aliphatic carbocycles. The number of ether oxygens (including phenoxy) is 1. The van der Waals surface area contributed by atoms with Crippen LogP contribution < -0.4 is 10.1 Å². The largest absolute Gasteiger partial charge is 0.495 e. The second-order valence-electron chi connectivity index (χ2n) is 2.97. The second-order valence-corrected chi connectivity index (χ2v) is 3.37. The zero-order valence-electron chi connectivity index (χ0n) is 8.25. The van der Waals surface area contributed by atoms with E-state index in [2.05, 4.69) is 5.32 Å². The molecule has 0 saturated carbocycles. The minimum atomic E-state index is -0.536. The van der Waals surface area contributed by atoms with Gasteiger partial charge in [0.05, 0.1) is 18.2 Å². The Balaban J connectivity index is 2.88. The lowest BCUT2D eigenvalue weighted by atomic mass is 10.1. The number of halogens is 1. The molecule has 0 aliphatic rings. The Morgan fingerprint density at radius 3 is 2.86 bits per heavy atom. The van der Waals surface area contributed by atoms with Gasteiger partial charge in [-0.05, 0) is 24.7 Å². The zero-order chi connectivity index (χ0) is 10.6. The minimum absolute atomic E-state index is 0.505. The van der Waals surface area contributed by atoms with Crippen molar-refractivity contribution in [1.29, 1.82) is 0 Å². The average Bonchev–Trinajstić information content (AvgIpc) is 2.19. The van der Waals surface area contributed by atoms with Gasteiger partial charge >= 0.3 is 0 Å². The van der Waals surface area contributed by atoms with Gasteiger partial charge in [0.2, 0.25) is 0 Å². The smallest absolute Gasteiger partial charge is 0.137 e. The lowest BCUT2D eigenvalue weighted by Crippen LogP contribution is -2.16. The maximum absolute atomic E-state index is 9.67. The van der Waals surface area contributed by atoms with Crippen molar-refractivity contribution in [2.45, 2.75) is 6.10 Å². The molecule has 1 unspecified atom stereocenters. The minimum Gasteiger partial charge on any atom is -0.495 e. The highest BCUT2D eigenvalue weighted by molar-refractivity contribution is 6.32. The van der Waals surface area contributed by atoms with E-state index in [1.807, 2.05) is 0 Å². The molecule has 1 rings (SSSR count). The van der Waals surface area contributed by atoms with Gasteiger partial charge in [-0.15, -0.1) is 0 Å². The van der Waals surface area contributed by atoms with Crippen LogP contribution in [0.3, 0.4) is 0 Å². The monoisotopic (exact) mass is 215 g/mol. The number of methoxy groups -OCH3 is 1. The van der Waals surface area contributed by atoms with Crippen molar-refractivity contribution in [3.05, 3.63) is 28.8 Å². The third-order valence-corrected chi connectivity index (χ3v) is 2.27. The van der Waals surface area contributed by atoms with Gasteiger partial charge < -0.3 is 15.2 Å². The van der Waals surface area contributed by atoms with E-state index in [9.17, 15) is 5.11 Å². The highest BCUT2D eigenvalue weighted by atomic mass is 35.5. The number of likely N-dealkylation sites (N-methyl/N-ethyl adjacent to an activating group) is 1. The summed E-state index contributed by atoms with van der Waals surface area (Å²) in [6, 6.07) is 5.24. The van der Waals surface area contributed by atoms with Crippen molar-refractivity contribution in [3.8, 4) is 5.75 Å². The van der Waals surface area contributed by atoms with Crippen molar-refractivity contribution < 1.29 is 9.84 Å². The Labute approximate surface area is 88.7 Å². The molecule has 78 valence electrons. The lowest BCUT2D eigenvalue weighted by molar-refractivity contribution is 0.177. The number of hydrogen-bond donors (Lipinski definition) is 2. The summed E-state index contributed by atoms with van der Waals surface area (Å²) in [7, 11) is 3.34. The Morgan fingerprint density at radius 1 is 1.57 bits per heavy atom. The van der Waals surface area contributed by atoms with Gasteiger partial charge in [0, 0.05) is 6.54 Å². The highest BCUT2D eigenvalue weighted by Crippen LogP contribution is 2.27. The van der Waals surface area contributed by atoms with E-state index < -0.39 is 6.10 Å². The van der Waals surface area contributed by atoms with Gasteiger partial charge in [-0.2, -0.15) is 0 Å². The summed E-state index contributed by atoms with van der Waals surface area (Å²) in [5.74, 6) is 0.583. The molecule has 0 aromatic heterocycles. The van der Waals surface area contributed by atoms with Crippen molar-refractivity contribution in [1.82, 2.24) is 5.32 Å². The number of hydrogen-bond acceptors (Lipinski definition) is 3. The normalized spacial score (nSPS) is 12.6. The third-order valence-electron chi connectivity index (χ3n) is 1.96.